The van der Waals surface area contributed by atoms with Crippen molar-refractivity contribution < 1.29 is 9.59 Å². The van der Waals surface area contributed by atoms with Crippen molar-refractivity contribution in [2.24, 2.45) is 5.73 Å². The Balaban J connectivity index is 0.000000158. The zero-order valence-electron chi connectivity index (χ0n) is 17.5. The maximum Gasteiger partial charge on any atom is 0.269 e. The zero-order chi connectivity index (χ0) is 22.0. The highest BCUT2D eigenvalue weighted by molar-refractivity contribution is 5.94. The quantitative estimate of drug-likeness (QED) is 0.543. The zero-order valence-corrected chi connectivity index (χ0v) is 17.5. The number of aryl methyl sites for hydroxylation is 2. The summed E-state index contributed by atoms with van der Waals surface area (Å²) in [6, 6.07) is 17.5. The number of hydrogen-bond acceptors (Lipinski definition) is 4. The second kappa shape index (κ2) is 8.43. The molecule has 31 heavy (non-hydrogen) atoms. The van der Waals surface area contributed by atoms with Gasteiger partial charge in [-0.15, -0.1) is 0 Å². The summed E-state index contributed by atoms with van der Waals surface area (Å²) in [5.41, 5.74) is 9.48. The molecular weight excluding hydrogens is 392 g/mol. The molecule has 5 rings (SSSR count). The molecule has 1 aromatic carbocycles. The maximum atomic E-state index is 11.5. The molecule has 1 aliphatic rings. The summed E-state index contributed by atoms with van der Waals surface area (Å²) in [5.74, 6) is 0.580. The minimum absolute atomic E-state index is 0.179. The molecule has 4 aromatic rings. The number of benzene rings is 1. The molecule has 0 bridgehead atoms. The number of carbonyl (C=O) groups excluding carboxylic acids is 2. The lowest BCUT2D eigenvalue weighted by molar-refractivity contribution is -0.118. The number of nitrogens with zero attached hydrogens (tertiary/aromatic N) is 5. The molecule has 0 spiro atoms. The van der Waals surface area contributed by atoms with E-state index in [2.05, 4.69) is 10.2 Å². The van der Waals surface area contributed by atoms with Crippen LogP contribution < -0.4 is 10.6 Å². The summed E-state index contributed by atoms with van der Waals surface area (Å²) in [7, 11) is 1.81. The fourth-order valence-corrected chi connectivity index (χ4v) is 3.64. The third-order valence-electron chi connectivity index (χ3n) is 5.20. The number of hydrogen-bond donors (Lipinski definition) is 1. The van der Waals surface area contributed by atoms with Gasteiger partial charge < -0.3 is 10.6 Å². The maximum absolute atomic E-state index is 11.5. The Morgan fingerprint density at radius 2 is 1.84 bits per heavy atom. The first-order valence-corrected chi connectivity index (χ1v) is 10.1. The third-order valence-corrected chi connectivity index (χ3v) is 5.20. The van der Waals surface area contributed by atoms with Crippen LogP contribution in [0.2, 0.25) is 0 Å². The van der Waals surface area contributed by atoms with Crippen molar-refractivity contribution in [1.82, 2.24) is 19.4 Å². The molecule has 2 N–H and O–H groups in total. The Morgan fingerprint density at radius 3 is 2.58 bits per heavy atom. The van der Waals surface area contributed by atoms with Gasteiger partial charge in [-0.3, -0.25) is 9.59 Å². The highest BCUT2D eigenvalue weighted by Gasteiger charge is 2.19. The summed E-state index contributed by atoms with van der Waals surface area (Å²) in [6.45, 7) is 2.79. The molecule has 8 heteroatoms. The van der Waals surface area contributed by atoms with Gasteiger partial charge in [0.05, 0.1) is 11.2 Å². The van der Waals surface area contributed by atoms with E-state index in [1.165, 1.54) is 0 Å². The minimum atomic E-state index is -0.516. The molecule has 0 atom stereocenters. The van der Waals surface area contributed by atoms with Gasteiger partial charge in [0.15, 0.2) is 5.69 Å². The van der Waals surface area contributed by atoms with E-state index in [-0.39, 0.29) is 11.6 Å². The van der Waals surface area contributed by atoms with Crippen molar-refractivity contribution in [1.29, 1.82) is 0 Å². The minimum Gasteiger partial charge on any atom is -0.364 e. The Hall–Kier alpha value is -3.94. The summed E-state index contributed by atoms with van der Waals surface area (Å²) in [4.78, 5) is 24.3. The SMILES string of the molecule is Cc1cc2n(n1)CCCC(=O)N2C.NC(=O)c1cc2c(-c3ccccc3)cccn2n1. The van der Waals surface area contributed by atoms with E-state index < -0.39 is 5.91 Å². The standard InChI is InChI=1S/C14H11N3O.C9H13N3O/c15-14(18)12-9-13-11(7-4-8-17(13)16-12)10-5-2-1-3-6-10;1-7-6-8-11(2)9(13)4-3-5-12(8)10-7/h1-9H,(H2,15,18);6H,3-5H2,1-2H3. The van der Waals surface area contributed by atoms with E-state index in [0.717, 1.165) is 41.1 Å². The Labute approximate surface area is 179 Å². The first kappa shape index (κ1) is 20.3. The molecule has 4 heterocycles. The van der Waals surface area contributed by atoms with E-state index >= 15 is 0 Å². The number of anilines is 1. The van der Waals surface area contributed by atoms with Crippen molar-refractivity contribution in [2.45, 2.75) is 26.3 Å². The van der Waals surface area contributed by atoms with Crippen LogP contribution in [0.1, 0.15) is 29.0 Å². The van der Waals surface area contributed by atoms with Crippen molar-refractivity contribution in [3.8, 4) is 11.1 Å². The van der Waals surface area contributed by atoms with Crippen LogP contribution in [0, 0.1) is 6.92 Å². The first-order chi connectivity index (χ1) is 14.9. The molecule has 0 aliphatic carbocycles. The summed E-state index contributed by atoms with van der Waals surface area (Å²) in [5, 5.41) is 8.46. The molecule has 0 fully saturated rings. The lowest BCUT2D eigenvalue weighted by atomic mass is 10.1. The lowest BCUT2D eigenvalue weighted by Crippen LogP contribution is -2.25. The predicted molar refractivity (Wildman–Crippen MR) is 119 cm³/mol. The van der Waals surface area contributed by atoms with Gasteiger partial charge in [0.25, 0.3) is 5.91 Å². The Morgan fingerprint density at radius 1 is 1.06 bits per heavy atom. The molecule has 158 valence electrons. The molecule has 0 unspecified atom stereocenters. The fourth-order valence-electron chi connectivity index (χ4n) is 3.64. The van der Waals surface area contributed by atoms with Crippen molar-refractivity contribution >= 4 is 23.1 Å². The molecule has 1 aliphatic heterocycles. The van der Waals surface area contributed by atoms with Gasteiger partial charge in [0.1, 0.15) is 5.82 Å². The normalized spacial score (nSPS) is 13.4. The molecule has 8 nitrogen and oxygen atoms in total. The van der Waals surface area contributed by atoms with Crippen LogP contribution >= 0.6 is 0 Å². The van der Waals surface area contributed by atoms with Gasteiger partial charge in [-0.1, -0.05) is 36.4 Å². The van der Waals surface area contributed by atoms with E-state index in [9.17, 15) is 9.59 Å². The van der Waals surface area contributed by atoms with E-state index in [1.807, 2.05) is 60.1 Å². The molecule has 0 radical (unpaired) electrons. The van der Waals surface area contributed by atoms with Crippen LogP contribution in [-0.2, 0) is 11.3 Å². The van der Waals surface area contributed by atoms with E-state index in [4.69, 9.17) is 5.73 Å². The topological polar surface area (TPSA) is 98.5 Å². The third kappa shape index (κ3) is 4.18. The number of amides is 2. The summed E-state index contributed by atoms with van der Waals surface area (Å²) in [6.07, 6.45) is 3.31. The molecule has 3 aromatic heterocycles. The van der Waals surface area contributed by atoms with Gasteiger partial charge in [-0.25, -0.2) is 9.20 Å². The molecule has 0 saturated heterocycles. The predicted octanol–water partition coefficient (Wildman–Crippen LogP) is 3.05. The van der Waals surface area contributed by atoms with Gasteiger partial charge in [-0.05, 0) is 31.0 Å². The Kier molecular flexibility index (Phi) is 5.53. The first-order valence-electron chi connectivity index (χ1n) is 10.1. The number of nitrogens with two attached hydrogens (primary N) is 1. The second-order valence-corrected chi connectivity index (χ2v) is 7.43. The van der Waals surface area contributed by atoms with Crippen LogP contribution in [0.4, 0.5) is 5.82 Å². The number of fused-ring (bicyclic) bond motifs is 2. The highest BCUT2D eigenvalue weighted by atomic mass is 16.2. The summed E-state index contributed by atoms with van der Waals surface area (Å²) >= 11 is 0. The van der Waals surface area contributed by atoms with Crippen LogP contribution in [-0.4, -0.2) is 38.3 Å². The van der Waals surface area contributed by atoms with Crippen molar-refractivity contribution in [3.05, 3.63) is 72.2 Å². The van der Waals surface area contributed by atoms with Gasteiger partial charge in [0.2, 0.25) is 5.91 Å². The number of rotatable bonds is 2. The Bertz CT molecular complexity index is 1240. The average Bonchev–Trinajstić information content (AvgIpc) is 3.34. The number of aromatic nitrogens is 4. The number of carbonyl (C=O) groups is 2. The molecule has 2 amide bonds. The van der Waals surface area contributed by atoms with Crippen LogP contribution in [0.5, 0.6) is 0 Å². The van der Waals surface area contributed by atoms with Gasteiger partial charge >= 0.3 is 0 Å². The molecule has 0 saturated carbocycles. The molecular formula is C23H24N6O2. The van der Waals surface area contributed by atoms with Crippen LogP contribution in [0.3, 0.4) is 0 Å². The largest absolute Gasteiger partial charge is 0.364 e. The van der Waals surface area contributed by atoms with E-state index in [0.29, 0.717) is 6.42 Å². The second-order valence-electron chi connectivity index (χ2n) is 7.43. The van der Waals surface area contributed by atoms with Crippen molar-refractivity contribution in [3.63, 3.8) is 0 Å². The van der Waals surface area contributed by atoms with Crippen molar-refractivity contribution in [2.75, 3.05) is 11.9 Å². The highest BCUT2D eigenvalue weighted by Crippen LogP contribution is 2.24. The van der Waals surface area contributed by atoms with Gasteiger partial charge in [0, 0.05) is 37.8 Å². The number of primary amides is 1. The number of pyridine rings is 1. The average molecular weight is 416 g/mol. The summed E-state index contributed by atoms with van der Waals surface area (Å²) < 4.78 is 3.57. The fraction of sp³-hybridized carbons (Fsp3) is 0.217. The smallest absolute Gasteiger partial charge is 0.269 e. The van der Waals surface area contributed by atoms with E-state index in [1.54, 1.807) is 28.7 Å². The van der Waals surface area contributed by atoms with Crippen LogP contribution in [0.25, 0.3) is 16.6 Å². The monoisotopic (exact) mass is 416 g/mol. The van der Waals surface area contributed by atoms with Gasteiger partial charge in [-0.2, -0.15) is 10.2 Å². The lowest BCUT2D eigenvalue weighted by Gasteiger charge is -2.13. The van der Waals surface area contributed by atoms with Crippen LogP contribution in [0.15, 0.2) is 60.8 Å².